The van der Waals surface area contributed by atoms with Crippen LogP contribution in [0.2, 0.25) is 0 Å². The summed E-state index contributed by atoms with van der Waals surface area (Å²) in [6.07, 6.45) is 0. The van der Waals surface area contributed by atoms with Gasteiger partial charge in [-0.1, -0.05) is 48.5 Å². The number of carbonyl (C=O) groups excluding carboxylic acids is 4. The monoisotopic (exact) mass is 627 g/mol. The predicted molar refractivity (Wildman–Crippen MR) is 130 cm³/mol. The van der Waals surface area contributed by atoms with Crippen LogP contribution in [0.25, 0.3) is 0 Å². The Hall–Kier alpha value is -4.52. The summed E-state index contributed by atoms with van der Waals surface area (Å²) in [6.45, 7) is 0. The molecule has 0 aromatic heterocycles. The smallest absolute Gasteiger partial charge is 0.545 e. The Morgan fingerprint density at radius 1 is 0.381 bits per heavy atom. The van der Waals surface area contributed by atoms with Gasteiger partial charge >= 0.3 is 46.6 Å². The Labute approximate surface area is 271 Å². The quantitative estimate of drug-likeness (QED) is 0.158. The van der Waals surface area contributed by atoms with Gasteiger partial charge in [-0.05, 0) is 48.5 Å². The summed E-state index contributed by atoms with van der Waals surface area (Å²) in [7, 11) is 0. The standard InChI is InChI=1S/4C7H6O3.Fe.Na/c4*8-6-4-2-1-3-5(6)7(9)10;;/h4*1-4,8H,(H,9,10);;/q;;;;+3;+1/p-4. The number of rotatable bonds is 4. The minimum atomic E-state index is -1.36. The van der Waals surface area contributed by atoms with Gasteiger partial charge in [-0.2, -0.15) is 0 Å². The second-order valence-electron chi connectivity index (χ2n) is 7.22. The van der Waals surface area contributed by atoms with Gasteiger partial charge in [-0.3, -0.25) is 0 Å². The SMILES string of the molecule is O=C([O-])c1ccccc1O.O=C([O-])c1ccccc1O.O=C([O-])c1ccccc1O.O=C([O-])c1ccccc1O.[Fe+3].[Na+]. The van der Waals surface area contributed by atoms with E-state index in [0.29, 0.717) is 0 Å². The Bertz CT molecular complexity index is 1250. The predicted octanol–water partition coefficient (Wildman–Crippen LogP) is -3.98. The topological polar surface area (TPSA) is 241 Å². The van der Waals surface area contributed by atoms with Crippen LogP contribution in [-0.4, -0.2) is 44.3 Å². The van der Waals surface area contributed by atoms with Gasteiger partial charge in [-0.25, -0.2) is 0 Å². The van der Waals surface area contributed by atoms with E-state index in [1.807, 2.05) is 0 Å². The first kappa shape index (κ1) is 39.6. The molecule has 14 heteroatoms. The third-order valence-corrected chi connectivity index (χ3v) is 4.50. The second kappa shape index (κ2) is 20.4. The van der Waals surface area contributed by atoms with Gasteiger partial charge in [0.15, 0.2) is 0 Å². The van der Waals surface area contributed by atoms with Gasteiger partial charge in [0.1, 0.15) is 23.0 Å². The maximum Gasteiger partial charge on any atom is 3.00 e. The van der Waals surface area contributed by atoms with Gasteiger partial charge in [0, 0.05) is 22.3 Å². The third-order valence-electron chi connectivity index (χ3n) is 4.50. The Balaban J connectivity index is 0. The van der Waals surface area contributed by atoms with Gasteiger partial charge in [-0.15, -0.1) is 0 Å². The molecule has 0 aliphatic rings. The van der Waals surface area contributed by atoms with E-state index in [9.17, 15) is 39.6 Å². The number of carboxylic acids is 4. The van der Waals surface area contributed by atoms with Crippen molar-refractivity contribution in [3.63, 3.8) is 0 Å². The number of phenols is 4. The molecule has 0 aliphatic carbocycles. The summed E-state index contributed by atoms with van der Waals surface area (Å²) in [4.78, 5) is 40.6. The van der Waals surface area contributed by atoms with Crippen molar-refractivity contribution in [1.29, 1.82) is 0 Å². The van der Waals surface area contributed by atoms with Crippen molar-refractivity contribution in [1.82, 2.24) is 0 Å². The van der Waals surface area contributed by atoms with Crippen LogP contribution < -0.4 is 50.0 Å². The molecule has 0 spiro atoms. The Morgan fingerprint density at radius 3 is 0.619 bits per heavy atom. The van der Waals surface area contributed by atoms with Crippen molar-refractivity contribution in [2.45, 2.75) is 0 Å². The summed E-state index contributed by atoms with van der Waals surface area (Å²) in [5.41, 5.74) is -0.713. The van der Waals surface area contributed by atoms with Crippen LogP contribution in [0.4, 0.5) is 0 Å². The van der Waals surface area contributed by atoms with E-state index < -0.39 is 23.9 Å². The van der Waals surface area contributed by atoms with Crippen LogP contribution in [0.5, 0.6) is 23.0 Å². The van der Waals surface area contributed by atoms with Crippen LogP contribution in [0.15, 0.2) is 97.1 Å². The van der Waals surface area contributed by atoms with Gasteiger partial charge < -0.3 is 60.0 Å². The number of carbonyl (C=O) groups is 4. The van der Waals surface area contributed by atoms with E-state index >= 15 is 0 Å². The number of para-hydroxylation sites is 4. The fraction of sp³-hybridized carbons (Fsp3) is 0. The largest absolute Gasteiger partial charge is 3.00 e. The number of hydrogen-bond donors (Lipinski definition) is 4. The van der Waals surface area contributed by atoms with Crippen LogP contribution in [0.3, 0.4) is 0 Å². The zero-order valence-electron chi connectivity index (χ0n) is 21.6. The van der Waals surface area contributed by atoms with Crippen LogP contribution in [0.1, 0.15) is 41.4 Å². The van der Waals surface area contributed by atoms with E-state index in [2.05, 4.69) is 0 Å². The number of aromatic carboxylic acids is 4. The second-order valence-corrected chi connectivity index (χ2v) is 7.22. The number of aromatic hydroxyl groups is 4. The molecular formula is C28H20FeNaO12. The average Bonchev–Trinajstić information content (AvgIpc) is 2.90. The van der Waals surface area contributed by atoms with Crippen LogP contribution >= 0.6 is 0 Å². The average molecular weight is 627 g/mol. The molecule has 0 bridgehead atoms. The molecule has 0 atom stereocenters. The first-order valence-corrected chi connectivity index (χ1v) is 10.8. The van der Waals surface area contributed by atoms with E-state index in [0.717, 1.165) is 0 Å². The maximum atomic E-state index is 10.2. The first-order chi connectivity index (χ1) is 18.9. The molecule has 0 saturated heterocycles. The van der Waals surface area contributed by atoms with Crippen LogP contribution in [-0.2, 0) is 17.1 Å². The molecule has 4 N–H and O–H groups in total. The summed E-state index contributed by atoms with van der Waals surface area (Å²) < 4.78 is 0. The molecular weight excluding hydrogens is 607 g/mol. The van der Waals surface area contributed by atoms with E-state index in [4.69, 9.17) is 20.4 Å². The van der Waals surface area contributed by atoms with E-state index in [-0.39, 0.29) is 91.9 Å². The molecule has 12 nitrogen and oxygen atoms in total. The third kappa shape index (κ3) is 13.7. The molecule has 0 amide bonds. The molecule has 42 heavy (non-hydrogen) atoms. The fourth-order valence-corrected chi connectivity index (χ4v) is 2.59. The zero-order valence-corrected chi connectivity index (χ0v) is 24.8. The number of hydrogen-bond acceptors (Lipinski definition) is 12. The van der Waals surface area contributed by atoms with Crippen molar-refractivity contribution in [3.8, 4) is 23.0 Å². The molecule has 4 aromatic carbocycles. The van der Waals surface area contributed by atoms with Crippen molar-refractivity contribution < 1.29 is 107 Å². The molecule has 0 unspecified atom stereocenters. The molecule has 0 saturated carbocycles. The Kier molecular flexibility index (Phi) is 19.2. The minimum absolute atomic E-state index is 0. The summed E-state index contributed by atoms with van der Waals surface area (Å²) in [6, 6.07) is 22.6. The molecule has 0 heterocycles. The molecule has 4 rings (SSSR count). The number of benzene rings is 4. The summed E-state index contributed by atoms with van der Waals surface area (Å²) >= 11 is 0. The molecule has 4 aromatic rings. The minimum Gasteiger partial charge on any atom is -0.545 e. The summed E-state index contributed by atoms with van der Waals surface area (Å²) in [5, 5.41) is 76.0. The van der Waals surface area contributed by atoms with Crippen molar-refractivity contribution >= 4 is 23.9 Å². The zero-order chi connectivity index (χ0) is 30.2. The van der Waals surface area contributed by atoms with Crippen LogP contribution in [0, 0.1) is 0 Å². The van der Waals surface area contributed by atoms with Crippen molar-refractivity contribution in [2.75, 3.05) is 0 Å². The van der Waals surface area contributed by atoms with Gasteiger partial charge in [0.05, 0.1) is 23.9 Å². The fourth-order valence-electron chi connectivity index (χ4n) is 2.59. The van der Waals surface area contributed by atoms with E-state index in [1.165, 1.54) is 72.8 Å². The molecule has 0 aliphatic heterocycles. The maximum absolute atomic E-state index is 10.2. The number of carboxylic acid groups (broad SMARTS) is 4. The molecule has 213 valence electrons. The van der Waals surface area contributed by atoms with Gasteiger partial charge in [0.2, 0.25) is 0 Å². The van der Waals surface area contributed by atoms with Gasteiger partial charge in [0.25, 0.3) is 0 Å². The van der Waals surface area contributed by atoms with E-state index in [1.54, 1.807) is 24.3 Å². The first-order valence-electron chi connectivity index (χ1n) is 10.8. The van der Waals surface area contributed by atoms with Crippen molar-refractivity contribution in [3.05, 3.63) is 119 Å². The Morgan fingerprint density at radius 2 is 0.524 bits per heavy atom. The molecule has 1 radical (unpaired) electrons. The van der Waals surface area contributed by atoms with Crippen molar-refractivity contribution in [2.24, 2.45) is 0 Å². The summed E-state index contributed by atoms with van der Waals surface area (Å²) in [5.74, 6) is -6.50. The molecule has 0 fully saturated rings. The normalized spacial score (nSPS) is 8.76.